The van der Waals surface area contributed by atoms with E-state index in [1.165, 1.54) is 161 Å². The maximum absolute atomic E-state index is 12.3. The second-order valence-electron chi connectivity index (χ2n) is 12.9. The summed E-state index contributed by atoms with van der Waals surface area (Å²) in [7, 11) is 0. The van der Waals surface area contributed by atoms with Gasteiger partial charge in [-0.05, 0) is 19.3 Å². The Hall–Kier alpha value is -0.610. The lowest BCUT2D eigenvalue weighted by molar-refractivity contribution is -0.157. The minimum Gasteiger partial charge on any atom is -0.460 e. The van der Waals surface area contributed by atoms with Crippen molar-refractivity contribution in [3.8, 4) is 0 Å². The Kier molecular flexibility index (Phi) is 33.4. The molecule has 0 amide bonds. The lowest BCUT2D eigenvalue weighted by atomic mass is 10.0. The summed E-state index contributed by atoms with van der Waals surface area (Å²) in [4.78, 5) is 12.3. The number of hydrogen-bond donors (Lipinski definition) is 2. The van der Waals surface area contributed by atoms with Gasteiger partial charge in [0.25, 0.3) is 0 Å². The number of ether oxygens (including phenoxy) is 1. The van der Waals surface area contributed by atoms with E-state index in [2.05, 4.69) is 13.8 Å². The Morgan fingerprint density at radius 2 is 0.780 bits per heavy atom. The zero-order valence-electron chi connectivity index (χ0n) is 28.0. The molecule has 2 unspecified atom stereocenters. The molecule has 0 aromatic rings. The fraction of sp³-hybridized carbons (Fsp3) is 0.973. The highest BCUT2D eigenvalue weighted by atomic mass is 16.6. The summed E-state index contributed by atoms with van der Waals surface area (Å²) >= 11 is 0. The molecule has 41 heavy (non-hydrogen) atoms. The zero-order chi connectivity index (χ0) is 30.1. The van der Waals surface area contributed by atoms with Crippen molar-refractivity contribution < 1.29 is 19.7 Å². The Balaban J connectivity index is 3.62. The van der Waals surface area contributed by atoms with E-state index in [9.17, 15) is 15.0 Å². The van der Waals surface area contributed by atoms with E-state index < -0.39 is 12.2 Å². The van der Waals surface area contributed by atoms with Crippen LogP contribution in [0.5, 0.6) is 0 Å². The molecule has 0 aliphatic rings. The van der Waals surface area contributed by atoms with E-state index in [0.29, 0.717) is 12.8 Å². The van der Waals surface area contributed by atoms with Gasteiger partial charge in [-0.1, -0.05) is 187 Å². The topological polar surface area (TPSA) is 66.8 Å². The van der Waals surface area contributed by atoms with E-state index in [1.807, 2.05) is 0 Å². The van der Waals surface area contributed by atoms with Crippen LogP contribution in [0.3, 0.4) is 0 Å². The van der Waals surface area contributed by atoms with Crippen LogP contribution in [0.4, 0.5) is 0 Å². The second kappa shape index (κ2) is 33.9. The van der Waals surface area contributed by atoms with Gasteiger partial charge in [-0.2, -0.15) is 0 Å². The molecule has 4 heteroatoms. The van der Waals surface area contributed by atoms with Crippen LogP contribution in [0.25, 0.3) is 0 Å². The number of carbonyl (C=O) groups excluding carboxylic acids is 1. The molecule has 0 aliphatic heterocycles. The van der Waals surface area contributed by atoms with Crippen molar-refractivity contribution in [2.75, 3.05) is 6.61 Å². The first-order valence-corrected chi connectivity index (χ1v) is 18.6. The van der Waals surface area contributed by atoms with Crippen LogP contribution < -0.4 is 0 Å². The summed E-state index contributed by atoms with van der Waals surface area (Å²) in [6.45, 7) is 4.20. The second-order valence-corrected chi connectivity index (χ2v) is 12.9. The lowest BCUT2D eigenvalue weighted by Gasteiger charge is -2.22. The molecular formula is C37H74O4. The number of aliphatic hydroxyl groups is 2. The van der Waals surface area contributed by atoms with Crippen molar-refractivity contribution in [1.29, 1.82) is 0 Å². The average molecular weight is 583 g/mol. The fourth-order valence-corrected chi connectivity index (χ4v) is 5.86. The van der Waals surface area contributed by atoms with Gasteiger partial charge in [0.1, 0.15) is 12.2 Å². The molecule has 0 aliphatic carbocycles. The van der Waals surface area contributed by atoms with Gasteiger partial charge in [-0.25, -0.2) is 0 Å². The molecule has 0 aromatic heterocycles. The monoisotopic (exact) mass is 583 g/mol. The third kappa shape index (κ3) is 30.6. The van der Waals surface area contributed by atoms with Crippen LogP contribution in [0.1, 0.15) is 213 Å². The third-order valence-corrected chi connectivity index (χ3v) is 8.73. The van der Waals surface area contributed by atoms with Crippen molar-refractivity contribution >= 4 is 5.97 Å². The summed E-state index contributed by atoms with van der Waals surface area (Å²) in [5, 5.41) is 19.6. The molecule has 0 bridgehead atoms. The van der Waals surface area contributed by atoms with Crippen LogP contribution >= 0.6 is 0 Å². The van der Waals surface area contributed by atoms with Crippen molar-refractivity contribution in [2.24, 2.45) is 0 Å². The molecule has 246 valence electrons. The maximum atomic E-state index is 12.3. The molecule has 0 radical (unpaired) electrons. The molecule has 0 fully saturated rings. The highest BCUT2D eigenvalue weighted by molar-refractivity contribution is 5.69. The lowest BCUT2D eigenvalue weighted by Crippen LogP contribution is -2.34. The van der Waals surface area contributed by atoms with E-state index >= 15 is 0 Å². The van der Waals surface area contributed by atoms with E-state index in [0.717, 1.165) is 25.7 Å². The summed E-state index contributed by atoms with van der Waals surface area (Å²) in [6, 6.07) is 0. The zero-order valence-corrected chi connectivity index (χ0v) is 28.0. The minimum absolute atomic E-state index is 0.220. The van der Waals surface area contributed by atoms with Gasteiger partial charge in [0, 0.05) is 6.42 Å². The number of hydrogen-bond acceptors (Lipinski definition) is 4. The number of unbranched alkanes of at least 4 members (excludes halogenated alkanes) is 27. The summed E-state index contributed by atoms with van der Waals surface area (Å²) in [6.07, 6.45) is 37.4. The Labute approximate surface area is 257 Å². The maximum Gasteiger partial charge on any atom is 0.306 e. The van der Waals surface area contributed by atoms with Gasteiger partial charge < -0.3 is 14.9 Å². The fourth-order valence-electron chi connectivity index (χ4n) is 5.86. The number of aliphatic hydroxyl groups excluding tert-OH is 2. The van der Waals surface area contributed by atoms with Gasteiger partial charge in [0.05, 0.1) is 6.61 Å². The van der Waals surface area contributed by atoms with Crippen molar-refractivity contribution in [2.45, 2.75) is 225 Å². The van der Waals surface area contributed by atoms with E-state index in [-0.39, 0.29) is 12.6 Å². The number of carbonyl (C=O) groups is 1. The van der Waals surface area contributed by atoms with Crippen LogP contribution in [0, 0.1) is 0 Å². The van der Waals surface area contributed by atoms with Crippen molar-refractivity contribution in [1.82, 2.24) is 0 Å². The molecule has 0 spiro atoms. The Morgan fingerprint density at radius 3 is 1.10 bits per heavy atom. The summed E-state index contributed by atoms with van der Waals surface area (Å²) in [5.41, 5.74) is 0. The van der Waals surface area contributed by atoms with Crippen molar-refractivity contribution in [3.63, 3.8) is 0 Å². The SMILES string of the molecule is CCCCCCCCCCCCCCCCCC(=O)OC(CCCCCCCCCCCCCCCC)C(O)CO. The van der Waals surface area contributed by atoms with Gasteiger partial charge in [0.2, 0.25) is 0 Å². The number of esters is 1. The smallest absolute Gasteiger partial charge is 0.306 e. The molecular weight excluding hydrogens is 508 g/mol. The molecule has 2 N–H and O–H groups in total. The van der Waals surface area contributed by atoms with E-state index in [1.54, 1.807) is 0 Å². The summed E-state index contributed by atoms with van der Waals surface area (Å²) < 4.78 is 5.59. The van der Waals surface area contributed by atoms with Crippen LogP contribution in [0.15, 0.2) is 0 Å². The highest BCUT2D eigenvalue weighted by Gasteiger charge is 2.22. The first kappa shape index (κ1) is 40.4. The molecule has 0 aromatic carbocycles. The van der Waals surface area contributed by atoms with Crippen LogP contribution in [0.2, 0.25) is 0 Å². The quantitative estimate of drug-likeness (QED) is 0.0585. The number of rotatable bonds is 34. The third-order valence-electron chi connectivity index (χ3n) is 8.73. The molecule has 0 saturated carbocycles. The van der Waals surface area contributed by atoms with Crippen molar-refractivity contribution in [3.05, 3.63) is 0 Å². The van der Waals surface area contributed by atoms with Crippen LogP contribution in [-0.2, 0) is 9.53 Å². The largest absolute Gasteiger partial charge is 0.460 e. The predicted molar refractivity (Wildman–Crippen MR) is 177 cm³/mol. The standard InChI is InChI=1S/C37H74O4/c1-3-5-7-9-11-13-15-17-19-21-23-25-27-29-31-33-37(40)41-36(35(39)34-38)32-30-28-26-24-22-20-18-16-14-12-10-8-6-4-2/h35-36,38-39H,3-34H2,1-2H3. The molecule has 0 rings (SSSR count). The van der Waals surface area contributed by atoms with E-state index in [4.69, 9.17) is 4.74 Å². The molecule has 0 saturated heterocycles. The van der Waals surface area contributed by atoms with Gasteiger partial charge in [-0.15, -0.1) is 0 Å². The normalized spacial score (nSPS) is 13.0. The Bertz CT molecular complexity index is 509. The van der Waals surface area contributed by atoms with Gasteiger partial charge in [0.15, 0.2) is 0 Å². The first-order valence-electron chi connectivity index (χ1n) is 18.6. The average Bonchev–Trinajstić information content (AvgIpc) is 2.98. The summed E-state index contributed by atoms with van der Waals surface area (Å²) in [5.74, 6) is -0.220. The first-order chi connectivity index (χ1) is 20.2. The van der Waals surface area contributed by atoms with Gasteiger partial charge in [-0.3, -0.25) is 4.79 Å². The van der Waals surface area contributed by atoms with Gasteiger partial charge >= 0.3 is 5.97 Å². The molecule has 2 atom stereocenters. The Morgan fingerprint density at radius 1 is 0.488 bits per heavy atom. The highest BCUT2D eigenvalue weighted by Crippen LogP contribution is 2.17. The molecule has 0 heterocycles. The van der Waals surface area contributed by atoms with Crippen LogP contribution in [-0.4, -0.2) is 35.0 Å². The minimum atomic E-state index is -0.970. The molecule has 4 nitrogen and oxygen atoms in total. The predicted octanol–water partition coefficient (Wildman–Crippen LogP) is 11.4.